The SMILES string of the molecule is CC(C)C(NC(=O)Cn1nc(-c2cccs2)oc1=O)c1ccc2c(c1)OCCCO2. The second-order valence-corrected chi connectivity index (χ2v) is 8.30. The van der Waals surface area contributed by atoms with E-state index in [4.69, 9.17) is 13.9 Å². The molecule has 3 heterocycles. The number of benzene rings is 1. The van der Waals surface area contributed by atoms with Crippen molar-refractivity contribution in [2.75, 3.05) is 13.2 Å². The molecule has 30 heavy (non-hydrogen) atoms. The van der Waals surface area contributed by atoms with Crippen LogP contribution in [0.2, 0.25) is 0 Å². The third-order valence-electron chi connectivity index (χ3n) is 4.75. The van der Waals surface area contributed by atoms with Crippen LogP contribution >= 0.6 is 11.3 Å². The van der Waals surface area contributed by atoms with Gasteiger partial charge in [-0.1, -0.05) is 26.0 Å². The molecular weight excluding hydrogens is 406 g/mol. The first-order valence-corrected chi connectivity index (χ1v) is 10.7. The molecule has 1 unspecified atom stereocenters. The van der Waals surface area contributed by atoms with Gasteiger partial charge in [0.25, 0.3) is 5.89 Å². The van der Waals surface area contributed by atoms with Gasteiger partial charge in [0.2, 0.25) is 5.91 Å². The summed E-state index contributed by atoms with van der Waals surface area (Å²) < 4.78 is 17.7. The highest BCUT2D eigenvalue weighted by molar-refractivity contribution is 7.13. The molecule has 2 aromatic heterocycles. The minimum absolute atomic E-state index is 0.120. The lowest BCUT2D eigenvalue weighted by atomic mass is 9.95. The molecule has 1 aromatic carbocycles. The van der Waals surface area contributed by atoms with E-state index < -0.39 is 5.76 Å². The summed E-state index contributed by atoms with van der Waals surface area (Å²) in [5, 5.41) is 9.00. The number of fused-ring (bicyclic) bond motifs is 1. The maximum Gasteiger partial charge on any atom is 0.437 e. The Balaban J connectivity index is 1.49. The number of hydrogen-bond donors (Lipinski definition) is 1. The molecule has 1 amide bonds. The van der Waals surface area contributed by atoms with Gasteiger partial charge in [0.15, 0.2) is 11.5 Å². The van der Waals surface area contributed by atoms with Gasteiger partial charge in [0, 0.05) is 6.42 Å². The van der Waals surface area contributed by atoms with E-state index in [1.807, 2.05) is 43.5 Å². The van der Waals surface area contributed by atoms with Crippen molar-refractivity contribution in [3.8, 4) is 22.3 Å². The average Bonchev–Trinajstić information content (AvgIpc) is 3.30. The standard InChI is InChI=1S/C21H23N3O5S/c1-13(2)19(14-6-7-15-16(11-14)28-9-4-8-27-15)22-18(25)12-24-21(26)29-20(23-24)17-5-3-10-30-17/h3,5-7,10-11,13,19H,4,8-9,12H2,1-2H3,(H,22,25). The zero-order valence-electron chi connectivity index (χ0n) is 16.8. The van der Waals surface area contributed by atoms with Gasteiger partial charge in [-0.3, -0.25) is 4.79 Å². The highest BCUT2D eigenvalue weighted by atomic mass is 32.1. The number of aromatic nitrogens is 2. The summed E-state index contributed by atoms with van der Waals surface area (Å²) >= 11 is 1.41. The Morgan fingerprint density at radius 3 is 2.77 bits per heavy atom. The molecule has 0 aliphatic carbocycles. The first kappa shape index (κ1) is 20.2. The molecule has 1 aliphatic heterocycles. The molecule has 1 aliphatic rings. The number of thiophene rings is 1. The third kappa shape index (κ3) is 4.40. The van der Waals surface area contributed by atoms with Crippen molar-refractivity contribution in [3.63, 3.8) is 0 Å². The number of nitrogens with zero attached hydrogens (tertiary/aromatic N) is 2. The van der Waals surface area contributed by atoms with Gasteiger partial charge in [0.1, 0.15) is 6.54 Å². The topological polar surface area (TPSA) is 95.6 Å². The summed E-state index contributed by atoms with van der Waals surface area (Å²) in [5.74, 6) is 0.734. The lowest BCUT2D eigenvalue weighted by Gasteiger charge is -2.23. The van der Waals surface area contributed by atoms with E-state index in [2.05, 4.69) is 10.4 Å². The largest absolute Gasteiger partial charge is 0.490 e. The van der Waals surface area contributed by atoms with Crippen molar-refractivity contribution in [1.29, 1.82) is 0 Å². The minimum atomic E-state index is -0.662. The fourth-order valence-electron chi connectivity index (χ4n) is 3.27. The first-order chi connectivity index (χ1) is 14.5. The van der Waals surface area contributed by atoms with E-state index >= 15 is 0 Å². The molecule has 0 spiro atoms. The third-order valence-corrected chi connectivity index (χ3v) is 5.60. The van der Waals surface area contributed by atoms with Crippen molar-refractivity contribution in [2.45, 2.75) is 32.9 Å². The molecule has 158 valence electrons. The zero-order valence-corrected chi connectivity index (χ0v) is 17.6. The van der Waals surface area contributed by atoms with Crippen molar-refractivity contribution in [3.05, 3.63) is 51.8 Å². The molecule has 3 aromatic rings. The maximum atomic E-state index is 12.7. The monoisotopic (exact) mass is 429 g/mol. The highest BCUT2D eigenvalue weighted by Crippen LogP contribution is 2.34. The van der Waals surface area contributed by atoms with Gasteiger partial charge < -0.3 is 19.2 Å². The molecule has 0 bridgehead atoms. The van der Waals surface area contributed by atoms with Gasteiger partial charge in [-0.15, -0.1) is 16.4 Å². The van der Waals surface area contributed by atoms with Crippen LogP contribution in [0.5, 0.6) is 11.5 Å². The van der Waals surface area contributed by atoms with E-state index in [1.54, 1.807) is 6.07 Å². The fourth-order valence-corrected chi connectivity index (χ4v) is 3.91. The lowest BCUT2D eigenvalue weighted by Crippen LogP contribution is -2.36. The minimum Gasteiger partial charge on any atom is -0.490 e. The highest BCUT2D eigenvalue weighted by Gasteiger charge is 2.22. The lowest BCUT2D eigenvalue weighted by molar-refractivity contribution is -0.123. The number of ether oxygens (including phenoxy) is 2. The van der Waals surface area contributed by atoms with E-state index in [1.165, 1.54) is 11.3 Å². The Morgan fingerprint density at radius 1 is 1.23 bits per heavy atom. The number of carbonyl (C=O) groups excluding carboxylic acids is 1. The van der Waals surface area contributed by atoms with Crippen LogP contribution in [0.4, 0.5) is 0 Å². The summed E-state index contributed by atoms with van der Waals surface area (Å²) in [5.41, 5.74) is 0.911. The van der Waals surface area contributed by atoms with Crippen LogP contribution < -0.4 is 20.5 Å². The predicted molar refractivity (Wildman–Crippen MR) is 112 cm³/mol. The summed E-state index contributed by atoms with van der Waals surface area (Å²) in [7, 11) is 0. The molecule has 4 rings (SSSR count). The molecule has 0 fully saturated rings. The Labute approximate surface area is 177 Å². The van der Waals surface area contributed by atoms with Crippen molar-refractivity contribution < 1.29 is 18.7 Å². The molecule has 8 nitrogen and oxygen atoms in total. The van der Waals surface area contributed by atoms with E-state index in [0.717, 1.165) is 21.5 Å². The molecule has 9 heteroatoms. The molecule has 1 N–H and O–H groups in total. The Bertz CT molecular complexity index is 1070. The number of rotatable bonds is 6. The van der Waals surface area contributed by atoms with Gasteiger partial charge in [0.05, 0.1) is 24.1 Å². The van der Waals surface area contributed by atoms with Gasteiger partial charge in [-0.25, -0.2) is 4.79 Å². The second-order valence-electron chi connectivity index (χ2n) is 7.35. The maximum absolute atomic E-state index is 12.7. The van der Waals surface area contributed by atoms with Crippen LogP contribution in [0.25, 0.3) is 10.8 Å². The van der Waals surface area contributed by atoms with Gasteiger partial charge >= 0.3 is 5.76 Å². The molecular formula is C21H23N3O5S. The quantitative estimate of drug-likeness (QED) is 0.646. The van der Waals surface area contributed by atoms with Gasteiger partial charge in [-0.2, -0.15) is 4.68 Å². The van der Waals surface area contributed by atoms with Crippen molar-refractivity contribution in [1.82, 2.24) is 15.1 Å². The van der Waals surface area contributed by atoms with E-state index in [9.17, 15) is 9.59 Å². The Morgan fingerprint density at radius 2 is 2.03 bits per heavy atom. The Kier molecular flexibility index (Phi) is 5.89. The van der Waals surface area contributed by atoms with E-state index in [-0.39, 0.29) is 30.3 Å². The van der Waals surface area contributed by atoms with Crippen LogP contribution in [-0.2, 0) is 11.3 Å². The number of nitrogens with one attached hydrogen (secondary N) is 1. The molecule has 0 radical (unpaired) electrons. The smallest absolute Gasteiger partial charge is 0.437 e. The number of hydrogen-bond acceptors (Lipinski definition) is 7. The van der Waals surface area contributed by atoms with E-state index in [0.29, 0.717) is 24.7 Å². The second kappa shape index (κ2) is 8.74. The summed E-state index contributed by atoms with van der Waals surface area (Å²) in [4.78, 5) is 25.5. The first-order valence-electron chi connectivity index (χ1n) is 9.82. The fraction of sp³-hybridized carbons (Fsp3) is 0.381. The van der Waals surface area contributed by atoms with Crippen LogP contribution in [0, 0.1) is 5.92 Å². The summed E-state index contributed by atoms with van der Waals surface area (Å²) in [6, 6.07) is 9.09. The Hall–Kier alpha value is -3.07. The zero-order chi connectivity index (χ0) is 21.1. The van der Waals surface area contributed by atoms with Crippen molar-refractivity contribution in [2.24, 2.45) is 5.92 Å². The summed E-state index contributed by atoms with van der Waals surface area (Å²) in [6.07, 6.45) is 0.828. The average molecular weight is 429 g/mol. The molecule has 1 atom stereocenters. The van der Waals surface area contributed by atoms with Crippen LogP contribution in [0.3, 0.4) is 0 Å². The molecule has 0 saturated heterocycles. The number of amides is 1. The predicted octanol–water partition coefficient (Wildman–Crippen LogP) is 3.24. The number of carbonyl (C=O) groups is 1. The van der Waals surface area contributed by atoms with Crippen molar-refractivity contribution >= 4 is 17.2 Å². The molecule has 0 saturated carbocycles. The van der Waals surface area contributed by atoms with Crippen LogP contribution in [0.15, 0.2) is 44.9 Å². The van der Waals surface area contributed by atoms with Crippen LogP contribution in [0.1, 0.15) is 31.9 Å². The van der Waals surface area contributed by atoms with Crippen LogP contribution in [-0.4, -0.2) is 28.9 Å². The summed E-state index contributed by atoms with van der Waals surface area (Å²) in [6.45, 7) is 5.03. The normalized spacial score (nSPS) is 14.4. The van der Waals surface area contributed by atoms with Gasteiger partial charge in [-0.05, 0) is 35.1 Å².